The van der Waals surface area contributed by atoms with Crippen LogP contribution in [0.25, 0.3) is 0 Å². The van der Waals surface area contributed by atoms with Crippen LogP contribution < -0.4 is 4.90 Å². The zero-order valence-corrected chi connectivity index (χ0v) is 17.5. The number of sulfonamides is 1. The van der Waals surface area contributed by atoms with E-state index in [0.717, 1.165) is 12.8 Å². The van der Waals surface area contributed by atoms with Gasteiger partial charge in [0.25, 0.3) is 11.7 Å². The van der Waals surface area contributed by atoms with Crippen LogP contribution in [-0.2, 0) is 34.8 Å². The minimum absolute atomic E-state index is 0.150. The van der Waals surface area contributed by atoms with E-state index in [-0.39, 0.29) is 23.0 Å². The molecule has 0 N–H and O–H groups in total. The fourth-order valence-electron chi connectivity index (χ4n) is 4.48. The van der Waals surface area contributed by atoms with Crippen LogP contribution in [0.5, 0.6) is 0 Å². The van der Waals surface area contributed by atoms with E-state index in [0.29, 0.717) is 50.0 Å². The quantitative estimate of drug-likeness (QED) is 0.730. The normalized spacial score (nSPS) is 29.6. The van der Waals surface area contributed by atoms with Crippen LogP contribution in [0.4, 0.5) is 5.69 Å². The second-order valence-corrected chi connectivity index (χ2v) is 10.4. The molecule has 1 aromatic carbocycles. The third-order valence-electron chi connectivity index (χ3n) is 6.00. The number of ether oxygens (including phenoxy) is 3. The summed E-state index contributed by atoms with van der Waals surface area (Å²) in [5.74, 6) is -1.27. The van der Waals surface area contributed by atoms with Gasteiger partial charge in [-0.05, 0) is 50.8 Å². The Morgan fingerprint density at radius 2 is 1.76 bits per heavy atom. The van der Waals surface area contributed by atoms with Gasteiger partial charge in [0.05, 0.1) is 36.0 Å². The van der Waals surface area contributed by atoms with Crippen molar-refractivity contribution >= 4 is 21.6 Å². The summed E-state index contributed by atoms with van der Waals surface area (Å²) in [4.78, 5) is 15.1. The second kappa shape index (κ2) is 6.75. The summed E-state index contributed by atoms with van der Waals surface area (Å²) in [5, 5.41) is 0. The summed E-state index contributed by atoms with van der Waals surface area (Å²) < 4.78 is 45.3. The Labute approximate surface area is 170 Å². The number of rotatable bonds is 4. The van der Waals surface area contributed by atoms with Gasteiger partial charge >= 0.3 is 0 Å². The van der Waals surface area contributed by atoms with Gasteiger partial charge in [0.1, 0.15) is 0 Å². The number of carbonyl (C=O) groups is 1. The van der Waals surface area contributed by atoms with Crippen molar-refractivity contribution in [3.05, 3.63) is 23.8 Å². The molecule has 158 valence electrons. The Bertz CT molecular complexity index is 928. The van der Waals surface area contributed by atoms with Crippen LogP contribution in [-0.4, -0.2) is 63.7 Å². The molecule has 3 fully saturated rings. The number of morpholine rings is 1. The van der Waals surface area contributed by atoms with E-state index in [1.807, 2.05) is 13.8 Å². The molecule has 1 aliphatic carbocycles. The predicted octanol–water partition coefficient (Wildman–Crippen LogP) is 1.44. The Balaban J connectivity index is 1.54. The largest absolute Gasteiger partial charge is 0.373 e. The highest BCUT2D eigenvalue weighted by Crippen LogP contribution is 2.48. The number of amides is 1. The predicted molar refractivity (Wildman–Crippen MR) is 104 cm³/mol. The van der Waals surface area contributed by atoms with Crippen LogP contribution in [0, 0.1) is 5.92 Å². The lowest BCUT2D eigenvalue weighted by Gasteiger charge is -2.34. The molecule has 9 heteroatoms. The van der Waals surface area contributed by atoms with Gasteiger partial charge in [-0.25, -0.2) is 8.42 Å². The highest BCUT2D eigenvalue weighted by atomic mass is 32.2. The van der Waals surface area contributed by atoms with Crippen molar-refractivity contribution in [3.8, 4) is 0 Å². The molecule has 1 amide bonds. The number of benzene rings is 1. The molecule has 3 aliphatic heterocycles. The van der Waals surface area contributed by atoms with Crippen molar-refractivity contribution in [1.82, 2.24) is 4.31 Å². The van der Waals surface area contributed by atoms with E-state index in [1.54, 1.807) is 23.1 Å². The number of carbonyl (C=O) groups excluding carboxylic acids is 1. The van der Waals surface area contributed by atoms with Crippen LogP contribution in [0.3, 0.4) is 0 Å². The van der Waals surface area contributed by atoms with Gasteiger partial charge in [0.15, 0.2) is 0 Å². The Morgan fingerprint density at radius 3 is 2.38 bits per heavy atom. The van der Waals surface area contributed by atoms with E-state index in [1.165, 1.54) is 4.31 Å². The zero-order chi connectivity index (χ0) is 20.4. The van der Waals surface area contributed by atoms with E-state index in [9.17, 15) is 13.2 Å². The van der Waals surface area contributed by atoms with E-state index in [2.05, 4.69) is 0 Å². The molecule has 3 heterocycles. The van der Waals surface area contributed by atoms with Crippen molar-refractivity contribution in [2.75, 3.05) is 37.7 Å². The topological polar surface area (TPSA) is 85.4 Å². The molecule has 1 saturated carbocycles. The van der Waals surface area contributed by atoms with E-state index in [4.69, 9.17) is 14.2 Å². The van der Waals surface area contributed by atoms with Crippen molar-refractivity contribution in [2.24, 2.45) is 5.92 Å². The highest BCUT2D eigenvalue weighted by Gasteiger charge is 2.57. The molecule has 5 rings (SSSR count). The summed E-state index contributed by atoms with van der Waals surface area (Å²) in [7, 11) is -3.73. The number of fused-ring (bicyclic) bond motifs is 2. The molecule has 0 bridgehead atoms. The first-order chi connectivity index (χ1) is 13.8. The van der Waals surface area contributed by atoms with Crippen LogP contribution >= 0.6 is 0 Å². The first-order valence-electron chi connectivity index (χ1n) is 10.2. The number of hydrogen-bond donors (Lipinski definition) is 0. The Morgan fingerprint density at radius 1 is 1.10 bits per heavy atom. The average Bonchev–Trinajstić information content (AvgIpc) is 3.31. The number of hydrogen-bond acceptors (Lipinski definition) is 6. The molecular weight excluding hydrogens is 396 g/mol. The van der Waals surface area contributed by atoms with Crippen LogP contribution in [0.1, 0.15) is 32.3 Å². The SMILES string of the molecule is CC1CN(S(=O)(=O)c2ccc3c(c2)C2(OCCO2)C(=O)N3CC2CC2)CC(C)O1. The molecule has 8 nitrogen and oxygen atoms in total. The lowest BCUT2D eigenvalue weighted by molar-refractivity contribution is -0.180. The summed E-state index contributed by atoms with van der Waals surface area (Å²) in [5.41, 5.74) is 1.18. The number of nitrogens with zero attached hydrogens (tertiary/aromatic N) is 2. The van der Waals surface area contributed by atoms with Gasteiger partial charge in [-0.3, -0.25) is 4.79 Å². The van der Waals surface area contributed by atoms with Gasteiger partial charge < -0.3 is 19.1 Å². The highest BCUT2D eigenvalue weighted by molar-refractivity contribution is 7.89. The van der Waals surface area contributed by atoms with Gasteiger partial charge in [0, 0.05) is 25.2 Å². The van der Waals surface area contributed by atoms with Crippen molar-refractivity contribution < 1.29 is 27.4 Å². The maximum absolute atomic E-state index is 13.3. The minimum atomic E-state index is -3.73. The molecular formula is C20H26N2O6S. The smallest absolute Gasteiger partial charge is 0.292 e. The molecule has 1 spiro atoms. The molecule has 0 radical (unpaired) electrons. The Kier molecular flexibility index (Phi) is 4.52. The maximum atomic E-state index is 13.3. The molecule has 2 saturated heterocycles. The fraction of sp³-hybridized carbons (Fsp3) is 0.650. The van der Waals surface area contributed by atoms with Gasteiger partial charge in [-0.15, -0.1) is 0 Å². The van der Waals surface area contributed by atoms with Crippen LogP contribution in [0.15, 0.2) is 23.1 Å². The molecule has 1 aromatic rings. The molecule has 2 unspecified atom stereocenters. The van der Waals surface area contributed by atoms with Gasteiger partial charge in [-0.2, -0.15) is 4.31 Å². The Hall–Kier alpha value is -1.52. The summed E-state index contributed by atoms with van der Waals surface area (Å²) in [6.45, 7) is 5.55. The van der Waals surface area contributed by atoms with E-state index < -0.39 is 15.8 Å². The first kappa shape index (κ1) is 19.4. The van der Waals surface area contributed by atoms with Crippen molar-refractivity contribution in [1.29, 1.82) is 0 Å². The van der Waals surface area contributed by atoms with Gasteiger partial charge in [0.2, 0.25) is 10.0 Å². The lowest BCUT2D eigenvalue weighted by Crippen LogP contribution is -2.48. The molecule has 29 heavy (non-hydrogen) atoms. The third-order valence-corrected chi connectivity index (χ3v) is 7.82. The minimum Gasteiger partial charge on any atom is -0.373 e. The summed E-state index contributed by atoms with van der Waals surface area (Å²) in [6, 6.07) is 4.86. The van der Waals surface area contributed by atoms with Crippen molar-refractivity contribution in [3.63, 3.8) is 0 Å². The molecule has 4 aliphatic rings. The summed E-state index contributed by atoms with van der Waals surface area (Å²) >= 11 is 0. The van der Waals surface area contributed by atoms with Crippen molar-refractivity contribution in [2.45, 2.75) is 49.6 Å². The number of anilines is 1. The second-order valence-electron chi connectivity index (χ2n) is 8.43. The van der Waals surface area contributed by atoms with Crippen LogP contribution in [0.2, 0.25) is 0 Å². The molecule has 2 atom stereocenters. The summed E-state index contributed by atoms with van der Waals surface area (Å²) in [6.07, 6.45) is 1.86. The monoisotopic (exact) mass is 422 g/mol. The zero-order valence-electron chi connectivity index (χ0n) is 16.7. The maximum Gasteiger partial charge on any atom is 0.292 e. The van der Waals surface area contributed by atoms with Gasteiger partial charge in [-0.1, -0.05) is 0 Å². The average molecular weight is 423 g/mol. The lowest BCUT2D eigenvalue weighted by atomic mass is 10.1. The third kappa shape index (κ3) is 3.11. The first-order valence-corrected chi connectivity index (χ1v) is 11.7. The fourth-order valence-corrected chi connectivity index (χ4v) is 6.10. The molecule has 0 aromatic heterocycles. The standard InChI is InChI=1S/C20H26N2O6S/c1-13-10-21(11-14(2)28-13)29(24,25)16-5-6-18-17(9-16)20(26-7-8-27-20)19(23)22(18)12-15-3-4-15/h5-6,9,13-15H,3-4,7-8,10-12H2,1-2H3. The van der Waals surface area contributed by atoms with E-state index >= 15 is 0 Å².